The molecule has 0 heterocycles. The first-order valence-electron chi connectivity index (χ1n) is 6.35. The van der Waals surface area contributed by atoms with Crippen molar-refractivity contribution in [3.05, 3.63) is 35.4 Å². The summed E-state index contributed by atoms with van der Waals surface area (Å²) in [6.07, 6.45) is 0. The molecule has 0 aromatic heterocycles. The lowest BCUT2D eigenvalue weighted by Crippen LogP contribution is -2.22. The Morgan fingerprint density at radius 1 is 1.11 bits per heavy atom. The number of hydrogen-bond donors (Lipinski definition) is 1. The van der Waals surface area contributed by atoms with E-state index < -0.39 is 0 Å². The Labute approximate surface area is 108 Å². The number of hydrogen-bond acceptors (Lipinski definition) is 1. The van der Waals surface area contributed by atoms with E-state index in [1.54, 1.807) is 7.05 Å². The summed E-state index contributed by atoms with van der Waals surface area (Å²) in [7, 11) is 1.81. The monoisotopic (exact) mass is 253 g/mol. The van der Waals surface area contributed by atoms with Gasteiger partial charge >= 0.3 is 0 Å². The molecule has 0 amide bonds. The predicted molar refractivity (Wildman–Crippen MR) is 69.2 cm³/mol. The van der Waals surface area contributed by atoms with Gasteiger partial charge in [-0.3, -0.25) is 0 Å². The summed E-state index contributed by atoms with van der Waals surface area (Å²) < 4.78 is 27.2. The van der Waals surface area contributed by atoms with Gasteiger partial charge < -0.3 is 5.32 Å². The third-order valence-corrected chi connectivity index (χ3v) is 5.07. The van der Waals surface area contributed by atoms with Crippen LogP contribution in [-0.2, 0) is 0 Å². The summed E-state index contributed by atoms with van der Waals surface area (Å²) in [6.45, 7) is 8.72. The maximum Gasteiger partial charge on any atom is 0.128 e. The van der Waals surface area contributed by atoms with E-state index in [9.17, 15) is 8.78 Å². The zero-order valence-electron chi connectivity index (χ0n) is 11.6. The van der Waals surface area contributed by atoms with E-state index in [0.717, 1.165) is 6.07 Å². The Morgan fingerprint density at radius 2 is 1.67 bits per heavy atom. The lowest BCUT2D eigenvalue weighted by atomic mass is 9.96. The summed E-state index contributed by atoms with van der Waals surface area (Å²) in [5.74, 6) is -0.427. The highest BCUT2D eigenvalue weighted by atomic mass is 19.1. The van der Waals surface area contributed by atoms with Gasteiger partial charge in [0.2, 0.25) is 0 Å². The third kappa shape index (κ3) is 1.76. The van der Waals surface area contributed by atoms with Crippen LogP contribution in [0.5, 0.6) is 0 Å². The van der Waals surface area contributed by atoms with Gasteiger partial charge in [-0.15, -0.1) is 0 Å². The van der Waals surface area contributed by atoms with Crippen molar-refractivity contribution >= 4 is 0 Å². The Bertz CT molecular complexity index is 452. The molecule has 100 valence electrons. The first kappa shape index (κ1) is 13.5. The van der Waals surface area contributed by atoms with Gasteiger partial charge in [0.25, 0.3) is 0 Å². The molecule has 1 nitrogen and oxygen atoms in total. The van der Waals surface area contributed by atoms with Crippen molar-refractivity contribution in [3.63, 3.8) is 0 Å². The lowest BCUT2D eigenvalue weighted by Gasteiger charge is -2.20. The molecule has 1 aromatic carbocycles. The highest BCUT2D eigenvalue weighted by molar-refractivity contribution is 5.29. The topological polar surface area (TPSA) is 12.0 Å². The molecule has 1 unspecified atom stereocenters. The molecular formula is C15H21F2N. The van der Waals surface area contributed by atoms with E-state index in [1.165, 1.54) is 12.1 Å². The summed E-state index contributed by atoms with van der Waals surface area (Å²) >= 11 is 0. The van der Waals surface area contributed by atoms with Crippen molar-refractivity contribution in [2.75, 3.05) is 7.05 Å². The highest BCUT2D eigenvalue weighted by Crippen LogP contribution is 2.72. The second-order valence-electron chi connectivity index (χ2n) is 6.35. The SMILES string of the molecule is CNC(c1cc(F)ccc1F)C1C(C)(C)C1(C)C. The molecule has 1 fully saturated rings. The Hall–Kier alpha value is -0.960. The van der Waals surface area contributed by atoms with Gasteiger partial charge in [-0.05, 0) is 42.0 Å². The minimum absolute atomic E-state index is 0.124. The van der Waals surface area contributed by atoms with Crippen molar-refractivity contribution in [1.82, 2.24) is 5.32 Å². The molecular weight excluding hydrogens is 232 g/mol. The second-order valence-corrected chi connectivity index (χ2v) is 6.35. The largest absolute Gasteiger partial charge is 0.313 e. The quantitative estimate of drug-likeness (QED) is 0.861. The standard InChI is InChI=1S/C15H21F2N/c1-14(2)13(15(14,3)4)12(18-5)10-8-9(16)6-7-11(10)17/h6-8,12-13,18H,1-5H3. The molecule has 1 N–H and O–H groups in total. The Kier molecular flexibility index (Phi) is 3.01. The Balaban J connectivity index is 2.39. The minimum atomic E-state index is -0.386. The predicted octanol–water partition coefficient (Wildman–Crippen LogP) is 3.91. The first-order valence-corrected chi connectivity index (χ1v) is 6.35. The molecule has 1 aromatic rings. The van der Waals surface area contributed by atoms with Gasteiger partial charge in [-0.25, -0.2) is 8.78 Å². The van der Waals surface area contributed by atoms with E-state index in [-0.39, 0.29) is 28.5 Å². The number of nitrogens with one attached hydrogen (secondary N) is 1. The van der Waals surface area contributed by atoms with Crippen molar-refractivity contribution < 1.29 is 8.78 Å². The van der Waals surface area contributed by atoms with Crippen molar-refractivity contribution in [3.8, 4) is 0 Å². The van der Waals surface area contributed by atoms with Gasteiger partial charge in [0.15, 0.2) is 0 Å². The Morgan fingerprint density at radius 3 is 2.11 bits per heavy atom. The van der Waals surface area contributed by atoms with Crippen molar-refractivity contribution in [2.45, 2.75) is 33.7 Å². The van der Waals surface area contributed by atoms with Crippen LogP contribution >= 0.6 is 0 Å². The molecule has 2 rings (SSSR count). The molecule has 0 radical (unpaired) electrons. The summed E-state index contributed by atoms with van der Waals surface area (Å²) in [4.78, 5) is 0. The van der Waals surface area contributed by atoms with Crippen LogP contribution in [0.2, 0.25) is 0 Å². The van der Waals surface area contributed by atoms with Crippen molar-refractivity contribution in [1.29, 1.82) is 0 Å². The van der Waals surface area contributed by atoms with E-state index >= 15 is 0 Å². The fraction of sp³-hybridized carbons (Fsp3) is 0.600. The zero-order valence-corrected chi connectivity index (χ0v) is 11.6. The minimum Gasteiger partial charge on any atom is -0.313 e. The molecule has 0 aliphatic heterocycles. The average Bonchev–Trinajstić information content (AvgIpc) is 2.67. The van der Waals surface area contributed by atoms with E-state index in [1.807, 2.05) is 0 Å². The van der Waals surface area contributed by atoms with Crippen molar-refractivity contribution in [2.24, 2.45) is 16.7 Å². The molecule has 1 atom stereocenters. The normalized spacial score (nSPS) is 22.8. The maximum atomic E-state index is 13.9. The van der Waals surface area contributed by atoms with Gasteiger partial charge in [0.05, 0.1) is 0 Å². The maximum absolute atomic E-state index is 13.9. The number of rotatable bonds is 3. The average molecular weight is 253 g/mol. The van der Waals surface area contributed by atoms with E-state index in [4.69, 9.17) is 0 Å². The van der Waals surface area contributed by atoms with Crippen LogP contribution in [0, 0.1) is 28.4 Å². The molecule has 18 heavy (non-hydrogen) atoms. The van der Waals surface area contributed by atoms with Crippen LogP contribution in [0.3, 0.4) is 0 Å². The molecule has 1 aliphatic carbocycles. The molecule has 0 bridgehead atoms. The smallest absolute Gasteiger partial charge is 0.128 e. The first-order chi connectivity index (χ1) is 8.23. The van der Waals surface area contributed by atoms with Gasteiger partial charge in [-0.1, -0.05) is 27.7 Å². The fourth-order valence-electron chi connectivity index (χ4n) is 3.34. The van der Waals surface area contributed by atoms with Crippen LogP contribution in [-0.4, -0.2) is 7.05 Å². The van der Waals surface area contributed by atoms with E-state index in [0.29, 0.717) is 11.5 Å². The highest BCUT2D eigenvalue weighted by Gasteiger charge is 2.67. The number of halogens is 2. The molecule has 1 aliphatic rings. The fourth-order valence-corrected chi connectivity index (χ4v) is 3.34. The van der Waals surface area contributed by atoms with Gasteiger partial charge in [-0.2, -0.15) is 0 Å². The molecule has 3 heteroatoms. The molecule has 1 saturated carbocycles. The summed E-state index contributed by atoms with van der Waals surface area (Å²) in [6, 6.07) is 3.53. The van der Waals surface area contributed by atoms with Crippen LogP contribution in [0.1, 0.15) is 39.3 Å². The third-order valence-electron chi connectivity index (χ3n) is 5.07. The summed E-state index contributed by atoms with van der Waals surface area (Å²) in [5, 5.41) is 3.15. The zero-order chi connectivity index (χ0) is 13.7. The van der Waals surface area contributed by atoms with Gasteiger partial charge in [0, 0.05) is 11.6 Å². The lowest BCUT2D eigenvalue weighted by molar-refractivity contribution is 0.418. The molecule has 0 spiro atoms. The summed E-state index contributed by atoms with van der Waals surface area (Å²) in [5.41, 5.74) is 0.680. The molecule has 0 saturated heterocycles. The van der Waals surface area contributed by atoms with Crippen LogP contribution < -0.4 is 5.32 Å². The van der Waals surface area contributed by atoms with Crippen LogP contribution in [0.25, 0.3) is 0 Å². The number of benzene rings is 1. The van der Waals surface area contributed by atoms with Gasteiger partial charge in [0.1, 0.15) is 11.6 Å². The van der Waals surface area contributed by atoms with E-state index in [2.05, 4.69) is 33.0 Å². The second kappa shape index (κ2) is 4.02. The van der Waals surface area contributed by atoms with Crippen LogP contribution in [0.4, 0.5) is 8.78 Å². The van der Waals surface area contributed by atoms with Crippen LogP contribution in [0.15, 0.2) is 18.2 Å².